The number of nitrogens with zero attached hydrogens (tertiary/aromatic N) is 1. The van der Waals surface area contributed by atoms with Gasteiger partial charge >= 0.3 is 0 Å². The molecular weight excluding hydrogens is 304 g/mol. The van der Waals surface area contributed by atoms with Crippen molar-refractivity contribution >= 4 is 0 Å². The van der Waals surface area contributed by atoms with Crippen LogP contribution in [0.2, 0.25) is 0 Å². The van der Waals surface area contributed by atoms with Crippen LogP contribution in [0.4, 0.5) is 0 Å². The highest BCUT2D eigenvalue weighted by molar-refractivity contribution is 5.34. The Morgan fingerprint density at radius 1 is 0.920 bits per heavy atom. The average molecular weight is 335 g/mol. The van der Waals surface area contributed by atoms with E-state index in [0.29, 0.717) is 17.5 Å². The molecule has 1 N–H and O–H groups in total. The van der Waals surface area contributed by atoms with Crippen molar-refractivity contribution in [3.63, 3.8) is 0 Å². The van der Waals surface area contributed by atoms with Crippen LogP contribution in [0.25, 0.3) is 0 Å². The lowest BCUT2D eigenvalue weighted by Crippen LogP contribution is -2.53. The summed E-state index contributed by atoms with van der Waals surface area (Å²) < 4.78 is 0. The molecule has 2 aliphatic rings. The van der Waals surface area contributed by atoms with Gasteiger partial charge in [-0.2, -0.15) is 0 Å². The van der Waals surface area contributed by atoms with Crippen LogP contribution >= 0.6 is 0 Å². The molecule has 0 saturated carbocycles. The van der Waals surface area contributed by atoms with E-state index in [1.165, 1.54) is 43.5 Å². The summed E-state index contributed by atoms with van der Waals surface area (Å²) in [6.45, 7) is 8.23. The molecule has 1 fully saturated rings. The summed E-state index contributed by atoms with van der Waals surface area (Å²) >= 11 is 0. The smallest absolute Gasteiger partial charge is 0.0299 e. The number of benzene rings is 2. The van der Waals surface area contributed by atoms with Crippen molar-refractivity contribution in [2.75, 3.05) is 13.1 Å². The van der Waals surface area contributed by atoms with Gasteiger partial charge in [-0.25, -0.2) is 0 Å². The molecule has 2 nitrogen and oxygen atoms in total. The zero-order valence-electron chi connectivity index (χ0n) is 15.5. The number of rotatable bonds is 2. The molecule has 2 aromatic carbocycles. The topological polar surface area (TPSA) is 15.3 Å². The largest absolute Gasteiger partial charge is 0.305 e. The summed E-state index contributed by atoms with van der Waals surface area (Å²) in [7, 11) is 0. The Kier molecular flexibility index (Phi) is 4.66. The number of hydrogen-bond donors (Lipinski definition) is 1. The molecular formula is C23H30N2. The second-order valence-corrected chi connectivity index (χ2v) is 8.14. The summed E-state index contributed by atoms with van der Waals surface area (Å²) in [6, 6.07) is 20.4. The lowest BCUT2D eigenvalue weighted by molar-refractivity contribution is 0.112. The standard InChI is InChI=1S/C23H30N2/c1-18-16-23(24-19(2)22-11-7-6-10-21(18)22)12-14-25(15-13-23)17-20-8-4-3-5-9-20/h3-11,18-19,24H,12-17H2,1-2H3/t18-,19-/m0/s1. The summed E-state index contributed by atoms with van der Waals surface area (Å²) in [5.41, 5.74) is 4.77. The van der Waals surface area contributed by atoms with Crippen molar-refractivity contribution in [1.29, 1.82) is 0 Å². The van der Waals surface area contributed by atoms with E-state index in [2.05, 4.69) is 78.7 Å². The lowest BCUT2D eigenvalue weighted by Gasteiger charge is -2.44. The van der Waals surface area contributed by atoms with Crippen molar-refractivity contribution in [2.24, 2.45) is 0 Å². The highest BCUT2D eigenvalue weighted by Crippen LogP contribution is 2.40. The van der Waals surface area contributed by atoms with E-state index in [1.807, 2.05) is 0 Å². The number of fused-ring (bicyclic) bond motifs is 1. The molecule has 0 aromatic heterocycles. The number of nitrogens with one attached hydrogen (secondary N) is 1. The van der Waals surface area contributed by atoms with Gasteiger partial charge in [0.05, 0.1) is 0 Å². The first kappa shape index (κ1) is 16.8. The molecule has 0 bridgehead atoms. The first-order valence-corrected chi connectivity index (χ1v) is 9.78. The third-order valence-electron chi connectivity index (χ3n) is 6.28. The molecule has 2 aromatic rings. The quantitative estimate of drug-likeness (QED) is 0.842. The summed E-state index contributed by atoms with van der Waals surface area (Å²) in [5, 5.41) is 4.04. The van der Waals surface area contributed by atoms with Crippen molar-refractivity contribution < 1.29 is 0 Å². The highest BCUT2D eigenvalue weighted by Gasteiger charge is 2.39. The van der Waals surface area contributed by atoms with Crippen LogP contribution in [0.15, 0.2) is 54.6 Å². The highest BCUT2D eigenvalue weighted by atomic mass is 15.2. The Morgan fingerprint density at radius 2 is 1.56 bits per heavy atom. The zero-order chi connectivity index (χ0) is 17.3. The number of hydrogen-bond acceptors (Lipinski definition) is 2. The Labute approximate surface area is 152 Å². The van der Waals surface area contributed by atoms with Crippen molar-refractivity contribution in [2.45, 2.75) is 57.2 Å². The minimum atomic E-state index is 0.297. The van der Waals surface area contributed by atoms with Gasteiger partial charge in [-0.05, 0) is 48.8 Å². The fourth-order valence-corrected chi connectivity index (χ4v) is 4.98. The Morgan fingerprint density at radius 3 is 2.28 bits per heavy atom. The van der Waals surface area contributed by atoms with Gasteiger partial charge in [0.25, 0.3) is 0 Å². The van der Waals surface area contributed by atoms with Gasteiger partial charge in [-0.15, -0.1) is 0 Å². The van der Waals surface area contributed by atoms with E-state index < -0.39 is 0 Å². The van der Waals surface area contributed by atoms with E-state index in [4.69, 9.17) is 0 Å². The molecule has 2 aliphatic heterocycles. The van der Waals surface area contributed by atoms with E-state index in [0.717, 1.165) is 6.54 Å². The van der Waals surface area contributed by atoms with Crippen LogP contribution in [0, 0.1) is 0 Å². The van der Waals surface area contributed by atoms with Gasteiger partial charge in [-0.3, -0.25) is 4.90 Å². The first-order chi connectivity index (χ1) is 12.2. The maximum atomic E-state index is 4.04. The van der Waals surface area contributed by atoms with Crippen LogP contribution in [0.5, 0.6) is 0 Å². The molecule has 0 amide bonds. The molecule has 0 radical (unpaired) electrons. The predicted molar refractivity (Wildman–Crippen MR) is 105 cm³/mol. The molecule has 2 heteroatoms. The third kappa shape index (κ3) is 3.51. The number of likely N-dealkylation sites (tertiary alicyclic amines) is 1. The predicted octanol–water partition coefficient (Wildman–Crippen LogP) is 4.88. The molecule has 0 unspecified atom stereocenters. The van der Waals surface area contributed by atoms with E-state index in [9.17, 15) is 0 Å². The molecule has 132 valence electrons. The molecule has 1 saturated heterocycles. The summed E-state index contributed by atoms with van der Waals surface area (Å²) in [4.78, 5) is 2.62. The maximum Gasteiger partial charge on any atom is 0.0299 e. The normalized spacial score (nSPS) is 26.2. The van der Waals surface area contributed by atoms with Gasteiger partial charge in [0.2, 0.25) is 0 Å². The third-order valence-corrected chi connectivity index (χ3v) is 6.28. The summed E-state index contributed by atoms with van der Waals surface area (Å²) in [5.74, 6) is 0.634. The fraction of sp³-hybridized carbons (Fsp3) is 0.478. The molecule has 4 rings (SSSR count). The lowest BCUT2D eigenvalue weighted by atomic mass is 9.79. The van der Waals surface area contributed by atoms with Gasteiger partial charge in [0.15, 0.2) is 0 Å². The fourth-order valence-electron chi connectivity index (χ4n) is 4.98. The van der Waals surface area contributed by atoms with Crippen molar-refractivity contribution in [3.05, 3.63) is 71.3 Å². The molecule has 2 heterocycles. The van der Waals surface area contributed by atoms with E-state index >= 15 is 0 Å². The second kappa shape index (κ2) is 6.93. The van der Waals surface area contributed by atoms with Gasteiger partial charge in [0, 0.05) is 31.2 Å². The van der Waals surface area contributed by atoms with Crippen LogP contribution in [0.1, 0.15) is 61.8 Å². The molecule has 2 atom stereocenters. The molecule has 25 heavy (non-hydrogen) atoms. The van der Waals surface area contributed by atoms with Gasteiger partial charge in [-0.1, -0.05) is 61.5 Å². The van der Waals surface area contributed by atoms with Crippen LogP contribution < -0.4 is 5.32 Å². The van der Waals surface area contributed by atoms with E-state index in [1.54, 1.807) is 5.56 Å². The SMILES string of the molecule is C[C@@H]1NC2(CCN(Cc3ccccc3)CC2)C[C@H](C)c2ccccc21. The minimum absolute atomic E-state index is 0.297. The molecule has 1 spiro atoms. The first-order valence-electron chi connectivity index (χ1n) is 9.78. The monoisotopic (exact) mass is 334 g/mol. The van der Waals surface area contributed by atoms with Crippen LogP contribution in [-0.2, 0) is 6.54 Å². The van der Waals surface area contributed by atoms with Gasteiger partial charge < -0.3 is 5.32 Å². The minimum Gasteiger partial charge on any atom is -0.305 e. The zero-order valence-corrected chi connectivity index (χ0v) is 15.5. The van der Waals surface area contributed by atoms with Gasteiger partial charge in [0.1, 0.15) is 0 Å². The molecule has 0 aliphatic carbocycles. The summed E-state index contributed by atoms with van der Waals surface area (Å²) in [6.07, 6.45) is 3.76. The second-order valence-electron chi connectivity index (χ2n) is 8.14. The van der Waals surface area contributed by atoms with Crippen molar-refractivity contribution in [3.8, 4) is 0 Å². The maximum absolute atomic E-state index is 4.04. The Bertz CT molecular complexity index is 668. The van der Waals surface area contributed by atoms with Crippen LogP contribution in [0.3, 0.4) is 0 Å². The Hall–Kier alpha value is -1.64. The van der Waals surface area contributed by atoms with E-state index in [-0.39, 0.29) is 0 Å². The van der Waals surface area contributed by atoms with Crippen molar-refractivity contribution in [1.82, 2.24) is 10.2 Å². The average Bonchev–Trinajstić information content (AvgIpc) is 2.74. The van der Waals surface area contributed by atoms with Crippen LogP contribution in [-0.4, -0.2) is 23.5 Å². The number of piperidine rings is 1. The Balaban J connectivity index is 1.46.